The third-order valence-electron chi connectivity index (χ3n) is 5.65. The van der Waals surface area contributed by atoms with Gasteiger partial charge in [0.05, 0.1) is 10.4 Å². The fourth-order valence-electron chi connectivity index (χ4n) is 3.60. The van der Waals surface area contributed by atoms with Gasteiger partial charge in [-0.25, -0.2) is 28.1 Å². The van der Waals surface area contributed by atoms with Gasteiger partial charge in [0.15, 0.2) is 33.6 Å². The first-order valence-corrected chi connectivity index (χ1v) is 13.5. The van der Waals surface area contributed by atoms with Crippen LogP contribution in [-0.4, -0.2) is 56.2 Å². The number of nitrogens with zero attached hydrogens (tertiary/aromatic N) is 5. The molecule has 0 unspecified atom stereocenters. The Balaban J connectivity index is 1.48. The smallest absolute Gasteiger partial charge is 0.231 e. The van der Waals surface area contributed by atoms with E-state index in [0.717, 1.165) is 16.2 Å². The van der Waals surface area contributed by atoms with E-state index < -0.39 is 14.8 Å². The number of sulfonamides is 1. The van der Waals surface area contributed by atoms with Crippen molar-refractivity contribution in [1.82, 2.24) is 34.4 Å². The van der Waals surface area contributed by atoms with E-state index in [4.69, 9.17) is 20.2 Å². The highest BCUT2D eigenvalue weighted by atomic mass is 32.2. The molecule has 3 aromatic heterocycles. The van der Waals surface area contributed by atoms with Gasteiger partial charge < -0.3 is 19.8 Å². The maximum atomic E-state index is 12.4. The number of nitrogens with one attached hydrogen (secondary N) is 2. The maximum Gasteiger partial charge on any atom is 0.231 e. The number of imidazole rings is 1. The third kappa shape index (κ3) is 4.58. The summed E-state index contributed by atoms with van der Waals surface area (Å²) >= 11 is 1.41. The van der Waals surface area contributed by atoms with Crippen LogP contribution in [0.5, 0.6) is 11.5 Å². The number of aromatic amines is 1. The zero-order chi connectivity index (χ0) is 25.5. The molecule has 4 N–H and O–H groups in total. The number of aromatic nitrogens is 6. The number of nitrogen functional groups attached to an aromatic ring is 1. The normalized spacial score (nSPS) is 13.5. The first kappa shape index (κ1) is 24.3. The Bertz CT molecular complexity index is 1510. The average Bonchev–Trinajstić information content (AvgIpc) is 3.56. The summed E-state index contributed by atoms with van der Waals surface area (Å²) in [6.07, 6.45) is 3.59. The molecule has 4 heterocycles. The summed E-state index contributed by atoms with van der Waals surface area (Å²) in [5, 5.41) is 7.70. The Labute approximate surface area is 212 Å². The Morgan fingerprint density at radius 3 is 2.72 bits per heavy atom. The molecule has 5 rings (SSSR count). The van der Waals surface area contributed by atoms with E-state index in [1.807, 2.05) is 22.8 Å². The molecular formula is C22H26N8O4S2. The van der Waals surface area contributed by atoms with Gasteiger partial charge in [-0.05, 0) is 45.4 Å². The summed E-state index contributed by atoms with van der Waals surface area (Å²) in [5.41, 5.74) is 8.84. The van der Waals surface area contributed by atoms with Crippen molar-refractivity contribution in [1.29, 1.82) is 0 Å². The van der Waals surface area contributed by atoms with Crippen LogP contribution in [-0.2, 0) is 16.6 Å². The number of fused-ring (bicyclic) bond motifs is 2. The molecule has 1 aromatic carbocycles. The summed E-state index contributed by atoms with van der Waals surface area (Å²) in [6, 6.07) is 5.68. The zero-order valence-electron chi connectivity index (χ0n) is 20.0. The molecule has 36 heavy (non-hydrogen) atoms. The fourth-order valence-corrected chi connectivity index (χ4v) is 5.51. The molecular weight excluding hydrogens is 504 g/mol. The van der Waals surface area contributed by atoms with Crippen LogP contribution in [0.15, 0.2) is 40.8 Å². The van der Waals surface area contributed by atoms with Gasteiger partial charge in [0.2, 0.25) is 16.8 Å². The summed E-state index contributed by atoms with van der Waals surface area (Å²) in [7, 11) is -3.44. The number of benzene rings is 1. The van der Waals surface area contributed by atoms with Gasteiger partial charge in [0, 0.05) is 29.7 Å². The van der Waals surface area contributed by atoms with E-state index in [1.54, 1.807) is 27.0 Å². The molecule has 190 valence electrons. The van der Waals surface area contributed by atoms with Crippen molar-refractivity contribution in [2.75, 3.05) is 19.1 Å². The molecule has 0 amide bonds. The highest BCUT2D eigenvalue weighted by Gasteiger charge is 2.28. The lowest BCUT2D eigenvalue weighted by Gasteiger charge is -2.19. The first-order chi connectivity index (χ1) is 17.1. The quantitative estimate of drug-likeness (QED) is 0.289. The fraction of sp³-hybridized carbons (Fsp3) is 0.364. The van der Waals surface area contributed by atoms with Crippen LogP contribution in [0.2, 0.25) is 0 Å². The molecule has 0 spiro atoms. The molecule has 0 fully saturated rings. The van der Waals surface area contributed by atoms with Gasteiger partial charge in [-0.1, -0.05) is 11.8 Å². The van der Waals surface area contributed by atoms with Crippen molar-refractivity contribution in [3.8, 4) is 22.8 Å². The minimum atomic E-state index is -3.44. The number of nitrogens with two attached hydrogens (primary N) is 1. The predicted molar refractivity (Wildman–Crippen MR) is 135 cm³/mol. The van der Waals surface area contributed by atoms with Crippen LogP contribution in [0.3, 0.4) is 0 Å². The second-order valence-electron chi connectivity index (χ2n) is 9.11. The lowest BCUT2D eigenvalue weighted by molar-refractivity contribution is 0.174. The van der Waals surface area contributed by atoms with Crippen LogP contribution < -0.4 is 19.9 Å². The van der Waals surface area contributed by atoms with Crippen LogP contribution in [0.4, 0.5) is 5.82 Å². The van der Waals surface area contributed by atoms with Crippen molar-refractivity contribution < 1.29 is 17.9 Å². The number of rotatable bonds is 8. The van der Waals surface area contributed by atoms with E-state index in [0.29, 0.717) is 40.8 Å². The molecule has 1 aliphatic rings. The number of hydrogen-bond acceptors (Lipinski definition) is 10. The standard InChI is InChI=1S/C22H26N8O4S2/c1-22(2,3)36(31,32)27-6-4-8-30-20-18(19(23)24-11-25-20)28-21(30)35-17-10-16-15(33-12-34-16)9-13(17)14-5-7-26-29-14/h5,7,9-11,27H,4,6,8,12H2,1-3H3,(H,26,29)(H2,23,24,25). The maximum absolute atomic E-state index is 12.4. The van der Waals surface area contributed by atoms with E-state index in [1.165, 1.54) is 18.1 Å². The number of anilines is 1. The van der Waals surface area contributed by atoms with E-state index in [-0.39, 0.29) is 19.2 Å². The molecule has 14 heteroatoms. The molecule has 1 aliphatic heterocycles. The number of ether oxygens (including phenoxy) is 2. The van der Waals surface area contributed by atoms with Crippen LogP contribution >= 0.6 is 11.8 Å². The van der Waals surface area contributed by atoms with Crippen molar-refractivity contribution >= 4 is 38.8 Å². The SMILES string of the molecule is CC(C)(C)S(=O)(=O)NCCCn1c(Sc2cc3c(cc2-c2ccn[nH]2)OCO3)nc2c(N)ncnc21. The van der Waals surface area contributed by atoms with E-state index >= 15 is 0 Å². The lowest BCUT2D eigenvalue weighted by atomic mass is 10.1. The van der Waals surface area contributed by atoms with Gasteiger partial charge >= 0.3 is 0 Å². The van der Waals surface area contributed by atoms with Crippen molar-refractivity contribution in [2.24, 2.45) is 0 Å². The zero-order valence-corrected chi connectivity index (χ0v) is 21.6. The van der Waals surface area contributed by atoms with Gasteiger partial charge in [0.25, 0.3) is 0 Å². The second-order valence-corrected chi connectivity index (χ2v) is 12.6. The molecule has 0 saturated heterocycles. The molecule has 12 nitrogen and oxygen atoms in total. The topological polar surface area (TPSA) is 163 Å². The van der Waals surface area contributed by atoms with Crippen LogP contribution in [0.25, 0.3) is 22.4 Å². The Morgan fingerprint density at radius 2 is 2.00 bits per heavy atom. The lowest BCUT2D eigenvalue weighted by Crippen LogP contribution is -2.39. The minimum Gasteiger partial charge on any atom is -0.454 e. The van der Waals surface area contributed by atoms with Gasteiger partial charge in [-0.15, -0.1) is 0 Å². The van der Waals surface area contributed by atoms with Gasteiger partial charge in [0.1, 0.15) is 6.33 Å². The number of hydrogen-bond donors (Lipinski definition) is 3. The highest BCUT2D eigenvalue weighted by Crippen LogP contribution is 2.44. The van der Waals surface area contributed by atoms with Crippen molar-refractivity contribution in [3.05, 3.63) is 30.7 Å². The van der Waals surface area contributed by atoms with Crippen molar-refractivity contribution in [2.45, 2.75) is 48.5 Å². The van der Waals surface area contributed by atoms with Crippen LogP contribution in [0.1, 0.15) is 27.2 Å². The first-order valence-electron chi connectivity index (χ1n) is 11.2. The Hall–Kier alpha value is -3.36. The second kappa shape index (κ2) is 9.26. The number of H-pyrrole nitrogens is 1. The monoisotopic (exact) mass is 530 g/mol. The van der Waals surface area contributed by atoms with Crippen molar-refractivity contribution in [3.63, 3.8) is 0 Å². The van der Waals surface area contributed by atoms with Crippen LogP contribution in [0, 0.1) is 0 Å². The Morgan fingerprint density at radius 1 is 1.22 bits per heavy atom. The molecule has 0 aliphatic carbocycles. The number of aryl methyl sites for hydroxylation is 1. The summed E-state index contributed by atoms with van der Waals surface area (Å²) < 4.78 is 39.7. The molecule has 0 radical (unpaired) electrons. The third-order valence-corrected chi connectivity index (χ3v) is 8.90. The molecule has 4 aromatic rings. The molecule has 0 bridgehead atoms. The Kier molecular flexibility index (Phi) is 6.26. The van der Waals surface area contributed by atoms with Gasteiger partial charge in [-0.2, -0.15) is 5.10 Å². The molecule has 0 saturated carbocycles. The highest BCUT2D eigenvalue weighted by molar-refractivity contribution is 7.99. The molecule has 0 atom stereocenters. The average molecular weight is 531 g/mol. The van der Waals surface area contributed by atoms with E-state index in [9.17, 15) is 8.42 Å². The summed E-state index contributed by atoms with van der Waals surface area (Å²) in [5.74, 6) is 1.56. The predicted octanol–water partition coefficient (Wildman–Crippen LogP) is 2.79. The minimum absolute atomic E-state index is 0.154. The largest absolute Gasteiger partial charge is 0.454 e. The summed E-state index contributed by atoms with van der Waals surface area (Å²) in [4.78, 5) is 14.1. The summed E-state index contributed by atoms with van der Waals surface area (Å²) in [6.45, 7) is 5.88. The van der Waals surface area contributed by atoms with E-state index in [2.05, 4.69) is 24.9 Å². The van der Waals surface area contributed by atoms with Gasteiger partial charge in [-0.3, -0.25) is 5.10 Å².